The van der Waals surface area contributed by atoms with E-state index in [-0.39, 0.29) is 18.7 Å². The number of likely N-dealkylation sites (tertiary alicyclic amines) is 1. The van der Waals surface area contributed by atoms with Crippen molar-refractivity contribution >= 4 is 11.8 Å². The van der Waals surface area contributed by atoms with Gasteiger partial charge in [0.1, 0.15) is 22.8 Å². The molecule has 0 radical (unpaired) electrons. The van der Waals surface area contributed by atoms with E-state index in [1.54, 1.807) is 60.9 Å². The molecular formula is C27H33N5O5. The van der Waals surface area contributed by atoms with Gasteiger partial charge in [-0.2, -0.15) is 4.98 Å². The Bertz CT molecular complexity index is 1210. The zero-order valence-electron chi connectivity index (χ0n) is 21.6. The third-order valence-electron chi connectivity index (χ3n) is 5.80. The van der Waals surface area contributed by atoms with Gasteiger partial charge >= 0.3 is 6.09 Å². The number of aliphatic hydroxyl groups is 1. The average molecular weight is 508 g/mol. The minimum atomic E-state index is -0.553. The maximum absolute atomic E-state index is 12.7. The summed E-state index contributed by atoms with van der Waals surface area (Å²) in [7, 11) is 1.60. The summed E-state index contributed by atoms with van der Waals surface area (Å²) in [5.74, 6) is 2.02. The molecule has 1 fully saturated rings. The number of aliphatic hydroxyl groups excluding tert-OH is 1. The molecule has 3 heterocycles. The normalized spacial score (nSPS) is 15.4. The number of carbonyl (C=O) groups excluding carboxylic acids is 1. The van der Waals surface area contributed by atoms with Gasteiger partial charge in [0.05, 0.1) is 26.0 Å². The number of amides is 1. The topological polar surface area (TPSA) is 119 Å². The maximum atomic E-state index is 12.7. The highest BCUT2D eigenvalue weighted by Crippen LogP contribution is 2.31. The first kappa shape index (κ1) is 26.2. The number of anilines is 1. The molecule has 2 N–H and O–H groups in total. The number of hydrogen-bond donors (Lipinski definition) is 2. The molecule has 1 aliphatic rings. The van der Waals surface area contributed by atoms with Crippen LogP contribution in [0.15, 0.2) is 48.9 Å². The third kappa shape index (κ3) is 6.85. The van der Waals surface area contributed by atoms with Crippen molar-refractivity contribution in [3.05, 3.63) is 54.5 Å². The zero-order chi connectivity index (χ0) is 26.4. The van der Waals surface area contributed by atoms with Gasteiger partial charge in [-0.1, -0.05) is 0 Å². The van der Waals surface area contributed by atoms with Gasteiger partial charge in [-0.15, -0.1) is 0 Å². The van der Waals surface area contributed by atoms with Crippen LogP contribution in [0.3, 0.4) is 0 Å². The summed E-state index contributed by atoms with van der Waals surface area (Å²) in [6, 6.07) is 8.93. The minimum Gasteiger partial charge on any atom is -0.497 e. The van der Waals surface area contributed by atoms with Gasteiger partial charge in [-0.3, -0.25) is 4.98 Å². The zero-order valence-corrected chi connectivity index (χ0v) is 21.6. The summed E-state index contributed by atoms with van der Waals surface area (Å²) in [6.07, 6.45) is 6.33. The van der Waals surface area contributed by atoms with E-state index < -0.39 is 5.60 Å². The molecule has 0 aliphatic carbocycles. The highest BCUT2D eigenvalue weighted by Gasteiger charge is 2.32. The van der Waals surface area contributed by atoms with Gasteiger partial charge in [0, 0.05) is 31.0 Å². The van der Waals surface area contributed by atoms with Crippen LogP contribution >= 0.6 is 0 Å². The van der Waals surface area contributed by atoms with Crippen LogP contribution in [0.1, 0.15) is 39.2 Å². The van der Waals surface area contributed by atoms with Gasteiger partial charge < -0.3 is 29.5 Å². The van der Waals surface area contributed by atoms with Gasteiger partial charge in [-0.05, 0) is 69.5 Å². The molecule has 0 spiro atoms. The van der Waals surface area contributed by atoms with Crippen LogP contribution in [-0.4, -0.2) is 62.9 Å². The number of methoxy groups -OCH3 is 1. The van der Waals surface area contributed by atoms with Crippen LogP contribution in [0.2, 0.25) is 0 Å². The smallest absolute Gasteiger partial charge is 0.410 e. The Morgan fingerprint density at radius 1 is 1.16 bits per heavy atom. The number of rotatable bonds is 8. The average Bonchev–Trinajstić information content (AvgIpc) is 3.36. The maximum Gasteiger partial charge on any atom is 0.410 e. The van der Waals surface area contributed by atoms with Gasteiger partial charge in [-0.25, -0.2) is 9.78 Å². The van der Waals surface area contributed by atoms with Crippen LogP contribution in [0.25, 0.3) is 11.4 Å². The van der Waals surface area contributed by atoms with Crippen molar-refractivity contribution in [3.63, 3.8) is 0 Å². The van der Waals surface area contributed by atoms with Crippen molar-refractivity contribution in [3.8, 4) is 28.8 Å². The van der Waals surface area contributed by atoms with Gasteiger partial charge in [0.15, 0.2) is 5.82 Å². The van der Waals surface area contributed by atoms with Crippen LogP contribution in [-0.2, 0) is 11.3 Å². The van der Waals surface area contributed by atoms with Crippen LogP contribution in [0.4, 0.5) is 10.5 Å². The molecule has 4 rings (SSSR count). The molecule has 1 amide bonds. The quantitative estimate of drug-likeness (QED) is 0.449. The largest absolute Gasteiger partial charge is 0.497 e. The predicted molar refractivity (Wildman–Crippen MR) is 139 cm³/mol. The summed E-state index contributed by atoms with van der Waals surface area (Å²) >= 11 is 0. The first-order valence-corrected chi connectivity index (χ1v) is 12.2. The predicted octanol–water partition coefficient (Wildman–Crippen LogP) is 4.64. The fourth-order valence-electron chi connectivity index (χ4n) is 3.99. The van der Waals surface area contributed by atoms with Gasteiger partial charge in [0.2, 0.25) is 5.88 Å². The van der Waals surface area contributed by atoms with Gasteiger partial charge in [0.25, 0.3) is 0 Å². The molecule has 37 heavy (non-hydrogen) atoms. The van der Waals surface area contributed by atoms with Crippen molar-refractivity contribution < 1.29 is 24.1 Å². The number of ether oxygens (including phenoxy) is 3. The molecule has 10 heteroatoms. The number of nitrogens with zero attached hydrogens (tertiary/aromatic N) is 4. The first-order valence-electron chi connectivity index (χ1n) is 12.2. The van der Waals surface area contributed by atoms with Crippen molar-refractivity contribution in [2.24, 2.45) is 0 Å². The Morgan fingerprint density at radius 3 is 2.62 bits per heavy atom. The van der Waals surface area contributed by atoms with Crippen molar-refractivity contribution in [1.29, 1.82) is 0 Å². The fourth-order valence-corrected chi connectivity index (χ4v) is 3.99. The first-order chi connectivity index (χ1) is 17.8. The lowest BCUT2D eigenvalue weighted by Gasteiger charge is -2.29. The molecule has 1 aliphatic heterocycles. The molecule has 1 unspecified atom stereocenters. The molecule has 1 aromatic carbocycles. The third-order valence-corrected chi connectivity index (χ3v) is 5.80. The van der Waals surface area contributed by atoms with E-state index in [4.69, 9.17) is 14.2 Å². The lowest BCUT2D eigenvalue weighted by atomic mass is 10.2. The van der Waals surface area contributed by atoms with Crippen LogP contribution in [0, 0.1) is 0 Å². The summed E-state index contributed by atoms with van der Waals surface area (Å²) in [5, 5.41) is 12.8. The standard InChI is InChI=1S/C27H33N5O5/c1-27(2,3)37-26(34)32-11-5-6-20(32)15-29-23-16-30-24(19-12-18(17-33)13-28-14-19)31-25(23)36-22-9-7-21(35-4)8-10-22/h7-10,12-14,16,20,29,33H,5-6,11,15,17H2,1-4H3. The molecule has 1 atom stereocenters. The van der Waals surface area contributed by atoms with Crippen LogP contribution < -0.4 is 14.8 Å². The highest BCUT2D eigenvalue weighted by molar-refractivity contribution is 5.69. The van der Waals surface area contributed by atoms with E-state index in [1.807, 2.05) is 20.8 Å². The van der Waals surface area contributed by atoms with E-state index in [2.05, 4.69) is 20.3 Å². The van der Waals surface area contributed by atoms with Crippen molar-refractivity contribution in [2.45, 2.75) is 51.9 Å². The number of aromatic nitrogens is 3. The van der Waals surface area contributed by atoms with E-state index in [0.717, 1.165) is 12.8 Å². The lowest BCUT2D eigenvalue weighted by Crippen LogP contribution is -2.42. The molecular weight excluding hydrogens is 474 g/mol. The lowest BCUT2D eigenvalue weighted by molar-refractivity contribution is 0.0235. The van der Waals surface area contributed by atoms with E-state index in [1.165, 1.54) is 0 Å². The number of benzene rings is 1. The molecule has 1 saturated heterocycles. The highest BCUT2D eigenvalue weighted by atomic mass is 16.6. The Balaban J connectivity index is 1.57. The molecule has 10 nitrogen and oxygen atoms in total. The molecule has 2 aromatic heterocycles. The molecule has 3 aromatic rings. The summed E-state index contributed by atoms with van der Waals surface area (Å²) in [6.45, 7) is 6.60. The fraction of sp³-hybridized carbons (Fsp3) is 0.407. The SMILES string of the molecule is COc1ccc(Oc2nc(-c3cncc(CO)c3)ncc2NCC2CCCN2C(=O)OC(C)(C)C)cc1. The van der Waals surface area contributed by atoms with E-state index in [0.29, 0.717) is 53.1 Å². The molecule has 196 valence electrons. The minimum absolute atomic E-state index is 0.0335. The van der Waals surface area contributed by atoms with E-state index >= 15 is 0 Å². The van der Waals surface area contributed by atoms with Crippen molar-refractivity contribution in [1.82, 2.24) is 19.9 Å². The molecule has 0 saturated carbocycles. The second-order valence-corrected chi connectivity index (χ2v) is 9.78. The summed E-state index contributed by atoms with van der Waals surface area (Å²) < 4.78 is 17.0. The number of nitrogens with one attached hydrogen (secondary N) is 1. The summed E-state index contributed by atoms with van der Waals surface area (Å²) in [5.41, 5.74) is 1.35. The van der Waals surface area contributed by atoms with Crippen LogP contribution in [0.5, 0.6) is 17.4 Å². The molecule has 0 bridgehead atoms. The number of pyridine rings is 1. The monoisotopic (exact) mass is 507 g/mol. The Morgan fingerprint density at radius 2 is 1.92 bits per heavy atom. The second-order valence-electron chi connectivity index (χ2n) is 9.78. The Labute approximate surface area is 216 Å². The number of carbonyl (C=O) groups is 1. The number of hydrogen-bond acceptors (Lipinski definition) is 9. The Hall–Kier alpha value is -3.92. The summed E-state index contributed by atoms with van der Waals surface area (Å²) in [4.78, 5) is 27.8. The van der Waals surface area contributed by atoms with E-state index in [9.17, 15) is 9.90 Å². The second kappa shape index (κ2) is 11.4. The van der Waals surface area contributed by atoms with Crippen molar-refractivity contribution in [2.75, 3.05) is 25.5 Å². The Kier molecular flexibility index (Phi) is 8.08.